The zero-order valence-corrected chi connectivity index (χ0v) is 14.4. The Bertz CT molecular complexity index is 870. The number of aromatic nitrogens is 4. The maximum absolute atomic E-state index is 12.4. The van der Waals surface area contributed by atoms with Gasteiger partial charge in [0.05, 0.1) is 5.69 Å². The van der Waals surface area contributed by atoms with Crippen LogP contribution in [0.5, 0.6) is 0 Å². The number of rotatable bonds is 7. The van der Waals surface area contributed by atoms with Gasteiger partial charge in [0.25, 0.3) is 5.91 Å². The molecule has 8 nitrogen and oxygen atoms in total. The van der Waals surface area contributed by atoms with Crippen molar-refractivity contribution in [3.63, 3.8) is 0 Å². The van der Waals surface area contributed by atoms with Gasteiger partial charge in [0.1, 0.15) is 5.82 Å². The summed E-state index contributed by atoms with van der Waals surface area (Å²) in [5, 5.41) is 14.0. The first kappa shape index (κ1) is 17.4. The summed E-state index contributed by atoms with van der Waals surface area (Å²) in [5.74, 6) is -0.0644. The lowest BCUT2D eigenvalue weighted by Gasteiger charge is -2.06. The van der Waals surface area contributed by atoms with Crippen molar-refractivity contribution in [2.24, 2.45) is 0 Å². The Kier molecular flexibility index (Phi) is 5.43. The Labute approximate surface area is 150 Å². The first-order valence-corrected chi connectivity index (χ1v) is 8.32. The molecule has 0 saturated carbocycles. The molecule has 3 rings (SSSR count). The number of nitrogens with one attached hydrogen (secondary N) is 2. The third kappa shape index (κ3) is 4.35. The summed E-state index contributed by atoms with van der Waals surface area (Å²) in [4.78, 5) is 23.8. The number of nitrogens with zero attached hydrogens (tertiary/aromatic N) is 4. The largest absolute Gasteiger partial charge is 0.351 e. The molecule has 0 radical (unpaired) electrons. The summed E-state index contributed by atoms with van der Waals surface area (Å²) >= 11 is 0. The van der Waals surface area contributed by atoms with Crippen molar-refractivity contribution in [3.05, 3.63) is 60.6 Å². The van der Waals surface area contributed by atoms with Crippen molar-refractivity contribution >= 4 is 17.6 Å². The van der Waals surface area contributed by atoms with Gasteiger partial charge in [0.2, 0.25) is 5.91 Å². The fourth-order valence-electron chi connectivity index (χ4n) is 2.49. The van der Waals surface area contributed by atoms with Crippen LogP contribution >= 0.6 is 0 Å². The van der Waals surface area contributed by atoms with Crippen LogP contribution in [-0.2, 0) is 11.3 Å². The third-order valence-corrected chi connectivity index (χ3v) is 3.66. The van der Waals surface area contributed by atoms with Crippen molar-refractivity contribution in [1.82, 2.24) is 24.9 Å². The lowest BCUT2D eigenvalue weighted by Crippen LogP contribution is -2.25. The summed E-state index contributed by atoms with van der Waals surface area (Å²) in [6.07, 6.45) is 4.35. The van der Waals surface area contributed by atoms with Crippen LogP contribution in [0.3, 0.4) is 0 Å². The molecule has 0 fully saturated rings. The zero-order chi connectivity index (χ0) is 18.4. The minimum Gasteiger partial charge on any atom is -0.351 e. The van der Waals surface area contributed by atoms with Crippen LogP contribution in [0.2, 0.25) is 0 Å². The van der Waals surface area contributed by atoms with Gasteiger partial charge >= 0.3 is 0 Å². The van der Waals surface area contributed by atoms with Gasteiger partial charge in [-0.05, 0) is 24.6 Å². The third-order valence-electron chi connectivity index (χ3n) is 3.66. The molecule has 0 saturated heterocycles. The highest BCUT2D eigenvalue weighted by Gasteiger charge is 2.15. The number of benzene rings is 1. The molecule has 2 aromatic heterocycles. The van der Waals surface area contributed by atoms with Gasteiger partial charge in [-0.2, -0.15) is 10.2 Å². The molecule has 134 valence electrons. The predicted octanol–water partition coefficient (Wildman–Crippen LogP) is 1.85. The Hall–Kier alpha value is -3.42. The quantitative estimate of drug-likeness (QED) is 0.635. The van der Waals surface area contributed by atoms with E-state index in [0.717, 1.165) is 18.7 Å². The van der Waals surface area contributed by atoms with E-state index in [9.17, 15) is 9.59 Å². The summed E-state index contributed by atoms with van der Waals surface area (Å²) in [6.45, 7) is 2.65. The van der Waals surface area contributed by atoms with Gasteiger partial charge in [-0.15, -0.1) is 0 Å². The first-order chi connectivity index (χ1) is 12.6. The highest BCUT2D eigenvalue weighted by atomic mass is 16.2. The second-order valence-electron chi connectivity index (χ2n) is 5.72. The van der Waals surface area contributed by atoms with E-state index in [-0.39, 0.29) is 17.5 Å². The Morgan fingerprint density at radius 3 is 2.65 bits per heavy atom. The molecule has 0 bridgehead atoms. The molecule has 0 unspecified atom stereocenters. The van der Waals surface area contributed by atoms with E-state index < -0.39 is 0 Å². The maximum atomic E-state index is 12.4. The number of para-hydroxylation sites is 1. The minimum absolute atomic E-state index is 0.228. The van der Waals surface area contributed by atoms with E-state index in [4.69, 9.17) is 0 Å². The average Bonchev–Trinajstić information content (AvgIpc) is 3.29. The number of aryl methyl sites for hydroxylation is 1. The monoisotopic (exact) mass is 352 g/mol. The summed E-state index contributed by atoms with van der Waals surface area (Å²) in [6, 6.07) is 12.7. The molecule has 2 heterocycles. The summed E-state index contributed by atoms with van der Waals surface area (Å²) in [5.41, 5.74) is 1.01. The highest BCUT2D eigenvalue weighted by Crippen LogP contribution is 2.17. The fraction of sp³-hybridized carbons (Fsp3) is 0.222. The fourth-order valence-corrected chi connectivity index (χ4v) is 2.49. The number of carbonyl (C=O) groups is 2. The van der Waals surface area contributed by atoms with Gasteiger partial charge in [0, 0.05) is 38.5 Å². The van der Waals surface area contributed by atoms with E-state index in [1.165, 1.54) is 6.92 Å². The van der Waals surface area contributed by atoms with Crippen LogP contribution in [0.1, 0.15) is 23.8 Å². The van der Waals surface area contributed by atoms with E-state index >= 15 is 0 Å². The van der Waals surface area contributed by atoms with Crippen LogP contribution in [-0.4, -0.2) is 37.9 Å². The van der Waals surface area contributed by atoms with Crippen molar-refractivity contribution in [2.75, 3.05) is 11.9 Å². The second-order valence-corrected chi connectivity index (χ2v) is 5.72. The van der Waals surface area contributed by atoms with Crippen molar-refractivity contribution < 1.29 is 9.59 Å². The molecular formula is C18H20N6O2. The topological polar surface area (TPSA) is 93.8 Å². The van der Waals surface area contributed by atoms with Crippen LogP contribution in [0.25, 0.3) is 5.69 Å². The number of amides is 2. The van der Waals surface area contributed by atoms with E-state index in [2.05, 4.69) is 20.8 Å². The van der Waals surface area contributed by atoms with Gasteiger partial charge < -0.3 is 10.6 Å². The van der Waals surface area contributed by atoms with Crippen molar-refractivity contribution in [1.29, 1.82) is 0 Å². The average molecular weight is 352 g/mol. The standard InChI is InChI=1S/C18H20N6O2/c1-14(25)21-17-13-16(22-24(17)15-7-3-2-4-8-15)18(26)19-9-5-11-23-12-6-10-20-23/h2-4,6-8,10,12-13H,5,9,11H2,1H3,(H,19,26)(H,21,25). The lowest BCUT2D eigenvalue weighted by atomic mass is 10.3. The molecule has 0 aliphatic carbocycles. The molecule has 2 amide bonds. The van der Waals surface area contributed by atoms with Gasteiger partial charge in [-0.1, -0.05) is 18.2 Å². The van der Waals surface area contributed by atoms with Crippen molar-refractivity contribution in [2.45, 2.75) is 19.9 Å². The highest BCUT2D eigenvalue weighted by molar-refractivity contribution is 5.95. The molecule has 8 heteroatoms. The maximum Gasteiger partial charge on any atom is 0.271 e. The second kappa shape index (κ2) is 8.11. The van der Waals surface area contributed by atoms with Crippen molar-refractivity contribution in [3.8, 4) is 5.69 Å². The molecule has 2 N–H and O–H groups in total. The predicted molar refractivity (Wildman–Crippen MR) is 97.0 cm³/mol. The molecular weight excluding hydrogens is 332 g/mol. The first-order valence-electron chi connectivity index (χ1n) is 8.32. The Balaban J connectivity index is 1.67. The van der Waals surface area contributed by atoms with Crippen LogP contribution < -0.4 is 10.6 Å². The SMILES string of the molecule is CC(=O)Nc1cc(C(=O)NCCCn2cccn2)nn1-c1ccccc1. The number of hydrogen-bond acceptors (Lipinski definition) is 4. The number of carbonyl (C=O) groups excluding carboxylic acids is 2. The Morgan fingerprint density at radius 1 is 1.15 bits per heavy atom. The van der Waals surface area contributed by atoms with E-state index in [0.29, 0.717) is 12.4 Å². The molecule has 0 spiro atoms. The zero-order valence-electron chi connectivity index (χ0n) is 14.4. The van der Waals surface area contributed by atoms with Crippen LogP contribution in [0.4, 0.5) is 5.82 Å². The number of hydrogen-bond donors (Lipinski definition) is 2. The molecule has 3 aromatic rings. The normalized spacial score (nSPS) is 10.5. The van der Waals surface area contributed by atoms with Gasteiger partial charge in [0.15, 0.2) is 5.69 Å². The Morgan fingerprint density at radius 2 is 1.96 bits per heavy atom. The molecule has 1 aromatic carbocycles. The van der Waals surface area contributed by atoms with Gasteiger partial charge in [-0.25, -0.2) is 4.68 Å². The summed E-state index contributed by atoms with van der Waals surface area (Å²) < 4.78 is 3.35. The molecule has 0 aliphatic rings. The van der Waals surface area contributed by atoms with Gasteiger partial charge in [-0.3, -0.25) is 14.3 Å². The van der Waals surface area contributed by atoms with E-state index in [1.54, 1.807) is 16.9 Å². The van der Waals surface area contributed by atoms with Crippen LogP contribution in [0.15, 0.2) is 54.9 Å². The lowest BCUT2D eigenvalue weighted by molar-refractivity contribution is -0.114. The number of anilines is 1. The molecule has 0 atom stereocenters. The minimum atomic E-state index is -0.285. The van der Waals surface area contributed by atoms with E-state index in [1.807, 2.05) is 47.3 Å². The smallest absolute Gasteiger partial charge is 0.271 e. The molecule has 26 heavy (non-hydrogen) atoms. The summed E-state index contributed by atoms with van der Waals surface area (Å²) in [7, 11) is 0. The molecule has 0 aliphatic heterocycles. The van der Waals surface area contributed by atoms with Crippen LogP contribution in [0, 0.1) is 0 Å².